The molecule has 0 bridgehead atoms. The van der Waals surface area contributed by atoms with Crippen LogP contribution in [0.2, 0.25) is 0 Å². The van der Waals surface area contributed by atoms with Crippen molar-refractivity contribution in [3.05, 3.63) is 52.8 Å². The first kappa shape index (κ1) is 17.7. The van der Waals surface area contributed by atoms with Crippen LogP contribution in [0.4, 0.5) is 18.9 Å². The Balaban J connectivity index is 1.97. The topological polar surface area (TPSA) is 38.3 Å². The molecule has 0 heterocycles. The standard InChI is InChI=1S/C15H11BrF3NO2S/c16-9-5-6-12(10(17)7-9)22-8-14(21)20-11-3-1-2-4-13(11)23-15(18)19/h1-7,15H,8H2,(H,20,21). The fourth-order valence-corrected chi connectivity index (χ4v) is 2.62. The van der Waals surface area contributed by atoms with E-state index in [0.717, 1.165) is 0 Å². The summed E-state index contributed by atoms with van der Waals surface area (Å²) in [4.78, 5) is 12.1. The van der Waals surface area contributed by atoms with Gasteiger partial charge < -0.3 is 10.1 Å². The molecule has 0 aliphatic carbocycles. The van der Waals surface area contributed by atoms with Crippen LogP contribution in [-0.2, 0) is 4.79 Å². The zero-order valence-corrected chi connectivity index (χ0v) is 14.0. The van der Waals surface area contributed by atoms with Crippen LogP contribution in [0.1, 0.15) is 0 Å². The van der Waals surface area contributed by atoms with Crippen LogP contribution in [0.5, 0.6) is 5.75 Å². The summed E-state index contributed by atoms with van der Waals surface area (Å²) in [5, 5.41) is 2.47. The van der Waals surface area contributed by atoms with Gasteiger partial charge in [-0.3, -0.25) is 4.79 Å². The van der Waals surface area contributed by atoms with Crippen molar-refractivity contribution in [3.8, 4) is 5.75 Å². The summed E-state index contributed by atoms with van der Waals surface area (Å²) in [5.74, 6) is -3.85. The molecule has 0 saturated heterocycles. The minimum absolute atomic E-state index is 0.0707. The third-order valence-corrected chi connectivity index (χ3v) is 3.91. The molecule has 0 atom stereocenters. The van der Waals surface area contributed by atoms with Crippen LogP contribution >= 0.6 is 27.7 Å². The number of benzene rings is 2. The summed E-state index contributed by atoms with van der Waals surface area (Å²) >= 11 is 3.44. The van der Waals surface area contributed by atoms with Gasteiger partial charge in [0.1, 0.15) is 0 Å². The van der Waals surface area contributed by atoms with Gasteiger partial charge in [-0.25, -0.2) is 4.39 Å². The number of anilines is 1. The van der Waals surface area contributed by atoms with Crippen LogP contribution in [-0.4, -0.2) is 18.3 Å². The molecule has 0 aliphatic heterocycles. The lowest BCUT2D eigenvalue weighted by Crippen LogP contribution is -2.20. The minimum Gasteiger partial charge on any atom is -0.481 e. The molecule has 1 amide bonds. The van der Waals surface area contributed by atoms with Gasteiger partial charge in [-0.05, 0) is 30.3 Å². The van der Waals surface area contributed by atoms with E-state index in [1.54, 1.807) is 18.2 Å². The molecule has 0 unspecified atom stereocenters. The van der Waals surface area contributed by atoms with Gasteiger partial charge >= 0.3 is 0 Å². The Kier molecular flexibility index (Phi) is 6.35. The Morgan fingerprint density at radius 3 is 2.70 bits per heavy atom. The number of hydrogen-bond acceptors (Lipinski definition) is 3. The summed E-state index contributed by atoms with van der Waals surface area (Å²) in [6.07, 6.45) is 0. The number of hydrogen-bond donors (Lipinski definition) is 1. The highest BCUT2D eigenvalue weighted by molar-refractivity contribution is 9.10. The maximum absolute atomic E-state index is 13.6. The average molecular weight is 406 g/mol. The molecule has 0 fully saturated rings. The van der Waals surface area contributed by atoms with Crippen LogP contribution in [0.3, 0.4) is 0 Å². The highest BCUT2D eigenvalue weighted by Gasteiger charge is 2.13. The maximum Gasteiger partial charge on any atom is 0.288 e. The second-order valence-corrected chi connectivity index (χ2v) is 6.23. The van der Waals surface area contributed by atoms with Gasteiger partial charge in [-0.1, -0.05) is 39.8 Å². The van der Waals surface area contributed by atoms with Crippen molar-refractivity contribution in [1.29, 1.82) is 0 Å². The normalized spacial score (nSPS) is 10.7. The highest BCUT2D eigenvalue weighted by atomic mass is 79.9. The largest absolute Gasteiger partial charge is 0.481 e. The zero-order valence-electron chi connectivity index (χ0n) is 11.6. The van der Waals surface area contributed by atoms with Gasteiger partial charge in [0.25, 0.3) is 11.7 Å². The highest BCUT2D eigenvalue weighted by Crippen LogP contribution is 2.31. The summed E-state index contributed by atoms with van der Waals surface area (Å²) in [5.41, 5.74) is 0.252. The molecule has 0 aliphatic rings. The second-order valence-electron chi connectivity index (χ2n) is 4.29. The van der Waals surface area contributed by atoms with E-state index < -0.39 is 24.1 Å². The first-order chi connectivity index (χ1) is 11.0. The second kappa shape index (κ2) is 8.26. The Morgan fingerprint density at radius 2 is 2.00 bits per heavy atom. The summed E-state index contributed by atoms with van der Waals surface area (Å²) in [6, 6.07) is 10.3. The van der Waals surface area contributed by atoms with Gasteiger partial charge in [0.15, 0.2) is 18.2 Å². The number of para-hydroxylation sites is 1. The van der Waals surface area contributed by atoms with E-state index in [1.165, 1.54) is 24.3 Å². The number of carbonyl (C=O) groups excluding carboxylic acids is 1. The molecule has 23 heavy (non-hydrogen) atoms. The molecular formula is C15H11BrF3NO2S. The van der Waals surface area contributed by atoms with Crippen molar-refractivity contribution in [3.63, 3.8) is 0 Å². The Hall–Kier alpha value is -1.67. The van der Waals surface area contributed by atoms with Gasteiger partial charge in [-0.15, -0.1) is 0 Å². The van der Waals surface area contributed by atoms with E-state index in [9.17, 15) is 18.0 Å². The molecule has 3 nitrogen and oxygen atoms in total. The predicted molar refractivity (Wildman–Crippen MR) is 86.5 cm³/mol. The molecule has 0 saturated carbocycles. The zero-order chi connectivity index (χ0) is 16.8. The van der Waals surface area contributed by atoms with E-state index in [2.05, 4.69) is 21.2 Å². The third kappa shape index (κ3) is 5.47. The SMILES string of the molecule is O=C(COc1ccc(Br)cc1F)Nc1ccccc1SC(F)F. The van der Waals surface area contributed by atoms with Gasteiger partial charge in [0.2, 0.25) is 0 Å². The molecular weight excluding hydrogens is 395 g/mol. The van der Waals surface area contributed by atoms with Crippen molar-refractivity contribution in [1.82, 2.24) is 0 Å². The van der Waals surface area contributed by atoms with Crippen LogP contribution < -0.4 is 10.1 Å². The van der Waals surface area contributed by atoms with Crippen molar-refractivity contribution < 1.29 is 22.7 Å². The number of ether oxygens (including phenoxy) is 1. The monoisotopic (exact) mass is 405 g/mol. The van der Waals surface area contributed by atoms with Crippen LogP contribution in [0.15, 0.2) is 51.8 Å². The number of thioether (sulfide) groups is 1. The summed E-state index contributed by atoms with van der Waals surface area (Å²) < 4.78 is 44.1. The number of rotatable bonds is 6. The first-order valence-corrected chi connectivity index (χ1v) is 8.04. The number of carbonyl (C=O) groups is 1. The number of amides is 1. The molecule has 1 N–H and O–H groups in total. The quantitative estimate of drug-likeness (QED) is 0.693. The first-order valence-electron chi connectivity index (χ1n) is 6.37. The van der Waals surface area contributed by atoms with E-state index in [0.29, 0.717) is 16.2 Å². The van der Waals surface area contributed by atoms with Crippen molar-refractivity contribution >= 4 is 39.3 Å². The van der Waals surface area contributed by atoms with E-state index >= 15 is 0 Å². The van der Waals surface area contributed by atoms with E-state index in [1.807, 2.05) is 0 Å². The number of nitrogens with one attached hydrogen (secondary N) is 1. The lowest BCUT2D eigenvalue weighted by atomic mass is 10.3. The van der Waals surface area contributed by atoms with Crippen LogP contribution in [0.25, 0.3) is 0 Å². The molecule has 8 heteroatoms. The lowest BCUT2D eigenvalue weighted by Gasteiger charge is -2.11. The van der Waals surface area contributed by atoms with Crippen molar-refractivity contribution in [2.45, 2.75) is 10.7 Å². The molecule has 2 aromatic rings. The predicted octanol–water partition coefficient (Wildman–Crippen LogP) is 4.92. The average Bonchev–Trinajstić information content (AvgIpc) is 2.48. The summed E-state index contributed by atoms with van der Waals surface area (Å²) in [6.45, 7) is -0.438. The third-order valence-electron chi connectivity index (χ3n) is 2.63. The van der Waals surface area contributed by atoms with E-state index in [4.69, 9.17) is 4.74 Å². The smallest absolute Gasteiger partial charge is 0.288 e. The molecule has 0 spiro atoms. The maximum atomic E-state index is 13.6. The molecule has 2 aromatic carbocycles. The fourth-order valence-electron chi connectivity index (χ4n) is 1.69. The van der Waals surface area contributed by atoms with Gasteiger partial charge in [0, 0.05) is 9.37 Å². The van der Waals surface area contributed by atoms with E-state index in [-0.39, 0.29) is 16.3 Å². The fraction of sp³-hybridized carbons (Fsp3) is 0.133. The Bertz CT molecular complexity index is 700. The van der Waals surface area contributed by atoms with Crippen molar-refractivity contribution in [2.75, 3.05) is 11.9 Å². The molecule has 0 aromatic heterocycles. The molecule has 122 valence electrons. The van der Waals surface area contributed by atoms with Crippen LogP contribution in [0, 0.1) is 5.82 Å². The Morgan fingerprint density at radius 1 is 1.26 bits per heavy atom. The van der Waals surface area contributed by atoms with Gasteiger partial charge in [0.05, 0.1) is 5.69 Å². The minimum atomic E-state index is -2.60. The molecule has 0 radical (unpaired) electrons. The lowest BCUT2D eigenvalue weighted by molar-refractivity contribution is -0.118. The summed E-state index contributed by atoms with van der Waals surface area (Å²) in [7, 11) is 0. The number of halogens is 4. The van der Waals surface area contributed by atoms with Gasteiger partial charge in [-0.2, -0.15) is 8.78 Å². The Labute approximate surface area is 143 Å². The molecule has 2 rings (SSSR count). The van der Waals surface area contributed by atoms with Crippen molar-refractivity contribution in [2.24, 2.45) is 0 Å². The number of alkyl halides is 2.